The van der Waals surface area contributed by atoms with Crippen LogP contribution in [0, 0.1) is 18.6 Å². The van der Waals surface area contributed by atoms with E-state index >= 15 is 0 Å². The molecule has 4 nitrogen and oxygen atoms in total. The van der Waals surface area contributed by atoms with Gasteiger partial charge in [0, 0.05) is 12.6 Å². The van der Waals surface area contributed by atoms with E-state index in [2.05, 4.69) is 0 Å². The van der Waals surface area contributed by atoms with Crippen LogP contribution < -0.4 is 0 Å². The van der Waals surface area contributed by atoms with E-state index in [-0.39, 0.29) is 17.7 Å². The molecule has 1 unspecified atom stereocenters. The molecule has 1 aromatic carbocycles. The quantitative estimate of drug-likeness (QED) is 0.913. The monoisotopic (exact) mass is 297 g/mol. The lowest BCUT2D eigenvalue weighted by Gasteiger charge is -2.41. The zero-order chi connectivity index (χ0) is 15.8. The number of amides is 1. The number of aliphatic carboxylic acids is 1. The summed E-state index contributed by atoms with van der Waals surface area (Å²) in [4.78, 5) is 25.2. The molecule has 0 radical (unpaired) electrons. The maximum atomic E-state index is 13.9. The second-order valence-corrected chi connectivity index (χ2v) is 5.57. The van der Waals surface area contributed by atoms with Crippen molar-refractivity contribution in [3.8, 4) is 0 Å². The van der Waals surface area contributed by atoms with Crippen molar-refractivity contribution in [2.24, 2.45) is 0 Å². The largest absolute Gasteiger partial charge is 0.480 e. The van der Waals surface area contributed by atoms with E-state index in [0.29, 0.717) is 25.3 Å². The van der Waals surface area contributed by atoms with Gasteiger partial charge >= 0.3 is 5.97 Å². The van der Waals surface area contributed by atoms with Gasteiger partial charge in [-0.3, -0.25) is 4.79 Å². The molecule has 1 atom stereocenters. The first kappa shape index (κ1) is 15.4. The average molecular weight is 297 g/mol. The number of hydrogen-bond donors (Lipinski definition) is 1. The second-order valence-electron chi connectivity index (χ2n) is 5.57. The van der Waals surface area contributed by atoms with Gasteiger partial charge in [-0.1, -0.05) is 0 Å². The van der Waals surface area contributed by atoms with Gasteiger partial charge < -0.3 is 10.0 Å². The fraction of sp³-hybridized carbons (Fsp3) is 0.467. The van der Waals surface area contributed by atoms with E-state index in [1.165, 1.54) is 18.7 Å². The van der Waals surface area contributed by atoms with Crippen LogP contribution in [-0.4, -0.2) is 34.0 Å². The molecule has 114 valence electrons. The highest BCUT2D eigenvalue weighted by molar-refractivity contribution is 5.98. The fourth-order valence-electron chi connectivity index (χ4n) is 2.64. The van der Waals surface area contributed by atoms with Crippen molar-refractivity contribution in [1.29, 1.82) is 0 Å². The van der Waals surface area contributed by atoms with Gasteiger partial charge in [-0.25, -0.2) is 13.6 Å². The minimum atomic E-state index is -1.36. The highest BCUT2D eigenvalue weighted by atomic mass is 19.1. The van der Waals surface area contributed by atoms with Gasteiger partial charge in [0.05, 0.1) is 5.56 Å². The molecule has 0 aromatic heterocycles. The van der Waals surface area contributed by atoms with Crippen LogP contribution in [0.4, 0.5) is 8.78 Å². The number of rotatable bonds is 2. The number of carboxylic acid groups (broad SMARTS) is 1. The summed E-state index contributed by atoms with van der Waals surface area (Å²) in [5.74, 6) is -3.53. The number of aryl methyl sites for hydroxylation is 1. The molecule has 0 saturated carbocycles. The normalized spacial score (nSPS) is 22.2. The van der Waals surface area contributed by atoms with E-state index in [4.69, 9.17) is 0 Å². The van der Waals surface area contributed by atoms with E-state index in [1.54, 1.807) is 0 Å². The molecular weight excluding hydrogens is 280 g/mol. The third kappa shape index (κ3) is 2.62. The molecule has 1 saturated heterocycles. The highest BCUT2D eigenvalue weighted by Crippen LogP contribution is 2.30. The number of carboxylic acids is 1. The summed E-state index contributed by atoms with van der Waals surface area (Å²) in [6.45, 7) is 3.14. The first-order valence-electron chi connectivity index (χ1n) is 6.78. The number of likely N-dealkylation sites (tertiary alicyclic amines) is 1. The van der Waals surface area contributed by atoms with Crippen molar-refractivity contribution in [3.05, 3.63) is 34.9 Å². The molecule has 1 N–H and O–H groups in total. The van der Waals surface area contributed by atoms with Crippen molar-refractivity contribution < 1.29 is 23.5 Å². The average Bonchev–Trinajstić information content (AvgIpc) is 2.42. The van der Waals surface area contributed by atoms with Gasteiger partial charge in [-0.2, -0.15) is 0 Å². The van der Waals surface area contributed by atoms with Gasteiger partial charge in [0.15, 0.2) is 0 Å². The van der Waals surface area contributed by atoms with Crippen LogP contribution >= 0.6 is 0 Å². The number of nitrogens with zero attached hydrogens (tertiary/aromatic N) is 1. The Morgan fingerprint density at radius 1 is 1.24 bits per heavy atom. The molecule has 1 heterocycles. The maximum Gasteiger partial charge on any atom is 0.329 e. The number of benzene rings is 1. The van der Waals surface area contributed by atoms with Crippen LogP contribution in [0.2, 0.25) is 0 Å². The summed E-state index contributed by atoms with van der Waals surface area (Å²) in [7, 11) is 0. The van der Waals surface area contributed by atoms with Gasteiger partial charge in [-0.05, 0) is 44.7 Å². The topological polar surface area (TPSA) is 57.6 Å². The summed E-state index contributed by atoms with van der Waals surface area (Å²) in [5.41, 5.74) is -1.50. The van der Waals surface area contributed by atoms with Crippen molar-refractivity contribution in [1.82, 2.24) is 4.90 Å². The minimum absolute atomic E-state index is 0.147. The zero-order valence-electron chi connectivity index (χ0n) is 11.9. The standard InChI is InChI=1S/C15H17F2NO3/c1-9-7-10(12(17)8-11(9)16)13(19)18-6-4-3-5-15(18,2)14(20)21/h7-8H,3-6H2,1-2H3,(H,20,21). The molecule has 1 aliphatic rings. The summed E-state index contributed by atoms with van der Waals surface area (Å²) >= 11 is 0. The summed E-state index contributed by atoms with van der Waals surface area (Å²) < 4.78 is 27.1. The smallest absolute Gasteiger partial charge is 0.329 e. The third-order valence-electron chi connectivity index (χ3n) is 4.08. The molecule has 0 aliphatic carbocycles. The molecule has 1 aliphatic heterocycles. The van der Waals surface area contributed by atoms with Crippen molar-refractivity contribution >= 4 is 11.9 Å². The lowest BCUT2D eigenvalue weighted by molar-refractivity contribution is -0.150. The van der Waals surface area contributed by atoms with Crippen molar-refractivity contribution in [2.45, 2.75) is 38.6 Å². The highest BCUT2D eigenvalue weighted by Gasteiger charge is 2.44. The zero-order valence-corrected chi connectivity index (χ0v) is 11.9. The number of carbonyl (C=O) groups is 2. The van der Waals surface area contributed by atoms with Gasteiger partial charge in [0.2, 0.25) is 0 Å². The van der Waals surface area contributed by atoms with Crippen LogP contribution in [-0.2, 0) is 4.79 Å². The SMILES string of the molecule is Cc1cc(C(=O)N2CCCCC2(C)C(=O)O)c(F)cc1F. The Morgan fingerprint density at radius 3 is 2.52 bits per heavy atom. The van der Waals surface area contributed by atoms with Gasteiger partial charge in [-0.15, -0.1) is 0 Å². The first-order chi connectivity index (χ1) is 9.77. The summed E-state index contributed by atoms with van der Waals surface area (Å²) in [6.07, 6.45) is 1.67. The number of piperidine rings is 1. The predicted molar refractivity (Wildman–Crippen MR) is 72.0 cm³/mol. The molecule has 0 bridgehead atoms. The molecule has 0 spiro atoms. The van der Waals surface area contributed by atoms with E-state index in [9.17, 15) is 23.5 Å². The van der Waals surface area contributed by atoms with E-state index in [1.807, 2.05) is 0 Å². The Labute approximate surface area is 121 Å². The lowest BCUT2D eigenvalue weighted by atomic mass is 9.87. The third-order valence-corrected chi connectivity index (χ3v) is 4.08. The van der Waals surface area contributed by atoms with E-state index < -0.39 is 29.0 Å². The van der Waals surface area contributed by atoms with Crippen molar-refractivity contribution in [2.75, 3.05) is 6.54 Å². The Bertz CT molecular complexity index is 603. The fourth-order valence-corrected chi connectivity index (χ4v) is 2.64. The molecule has 6 heteroatoms. The number of hydrogen-bond acceptors (Lipinski definition) is 2. The van der Waals surface area contributed by atoms with Gasteiger partial charge in [0.1, 0.15) is 17.2 Å². The maximum absolute atomic E-state index is 13.9. The van der Waals surface area contributed by atoms with Crippen LogP contribution in [0.3, 0.4) is 0 Å². The van der Waals surface area contributed by atoms with Crippen LogP contribution in [0.5, 0.6) is 0 Å². The van der Waals surface area contributed by atoms with Crippen LogP contribution in [0.25, 0.3) is 0 Å². The Balaban J connectivity index is 2.43. The Hall–Kier alpha value is -1.98. The first-order valence-corrected chi connectivity index (χ1v) is 6.78. The minimum Gasteiger partial charge on any atom is -0.480 e. The molecule has 1 fully saturated rings. The molecule has 1 amide bonds. The predicted octanol–water partition coefficient (Wildman–Crippen LogP) is 2.74. The number of carbonyl (C=O) groups excluding carboxylic acids is 1. The number of halogens is 2. The second kappa shape index (κ2) is 5.42. The van der Waals surface area contributed by atoms with Crippen LogP contribution in [0.1, 0.15) is 42.1 Å². The molecule has 1 aromatic rings. The Kier molecular flexibility index (Phi) is 3.98. The van der Waals surface area contributed by atoms with E-state index in [0.717, 1.165) is 6.07 Å². The lowest BCUT2D eigenvalue weighted by Crippen LogP contribution is -2.57. The Morgan fingerprint density at radius 2 is 1.90 bits per heavy atom. The van der Waals surface area contributed by atoms with Crippen molar-refractivity contribution in [3.63, 3.8) is 0 Å². The summed E-state index contributed by atoms with van der Waals surface area (Å²) in [6, 6.07) is 1.79. The molecular formula is C15H17F2NO3. The van der Waals surface area contributed by atoms with Crippen LogP contribution in [0.15, 0.2) is 12.1 Å². The van der Waals surface area contributed by atoms with Gasteiger partial charge in [0.25, 0.3) is 5.91 Å². The summed E-state index contributed by atoms with van der Waals surface area (Å²) in [5, 5.41) is 9.38. The molecule has 2 rings (SSSR count). The molecule has 21 heavy (non-hydrogen) atoms.